The number of ether oxygens (including phenoxy) is 1. The van der Waals surface area contributed by atoms with Crippen LogP contribution < -0.4 is 5.73 Å². The van der Waals surface area contributed by atoms with Crippen LogP contribution >= 0.6 is 0 Å². The number of rotatable bonds is 4. The van der Waals surface area contributed by atoms with Gasteiger partial charge in [-0.05, 0) is 6.42 Å². The van der Waals surface area contributed by atoms with Crippen molar-refractivity contribution in [3.8, 4) is 0 Å². The minimum atomic E-state index is -3.13. The molecule has 0 aromatic heterocycles. The first-order chi connectivity index (χ1) is 6.06. The molecule has 1 fully saturated rings. The van der Waals surface area contributed by atoms with Crippen molar-refractivity contribution in [3.05, 3.63) is 0 Å². The van der Waals surface area contributed by atoms with Crippen LogP contribution in [0.4, 0.5) is 0 Å². The van der Waals surface area contributed by atoms with Gasteiger partial charge >= 0.3 is 0 Å². The zero-order valence-electron chi connectivity index (χ0n) is 7.77. The molecule has 0 aromatic rings. The fourth-order valence-electron chi connectivity index (χ4n) is 1.32. The van der Waals surface area contributed by atoms with Gasteiger partial charge in [-0.1, -0.05) is 0 Å². The molecule has 0 bridgehead atoms. The van der Waals surface area contributed by atoms with Crippen LogP contribution in [0.1, 0.15) is 6.42 Å². The van der Waals surface area contributed by atoms with Crippen molar-refractivity contribution in [1.29, 1.82) is 0 Å². The van der Waals surface area contributed by atoms with Crippen molar-refractivity contribution < 1.29 is 13.2 Å². The third-order valence-electron chi connectivity index (χ3n) is 2.13. The molecule has 1 unspecified atom stereocenters. The molecule has 0 amide bonds. The molecule has 1 atom stereocenters. The molecule has 1 rings (SSSR count). The summed E-state index contributed by atoms with van der Waals surface area (Å²) in [6.07, 6.45) is 0.756. The summed E-state index contributed by atoms with van der Waals surface area (Å²) in [5.74, 6) is 0.0518. The summed E-state index contributed by atoms with van der Waals surface area (Å²) in [7, 11) is -1.64. The van der Waals surface area contributed by atoms with E-state index in [4.69, 9.17) is 10.5 Å². The lowest BCUT2D eigenvalue weighted by Crippen LogP contribution is -2.34. The number of sulfonamides is 1. The van der Waals surface area contributed by atoms with Gasteiger partial charge in [-0.3, -0.25) is 0 Å². The van der Waals surface area contributed by atoms with Crippen LogP contribution in [-0.2, 0) is 14.8 Å². The molecule has 5 nitrogen and oxygen atoms in total. The molecule has 1 saturated heterocycles. The first kappa shape index (κ1) is 10.9. The first-order valence-corrected chi connectivity index (χ1v) is 5.89. The Balaban J connectivity index is 2.50. The van der Waals surface area contributed by atoms with Gasteiger partial charge in [0.15, 0.2) is 0 Å². The normalized spacial score (nSPS) is 25.2. The van der Waals surface area contributed by atoms with Crippen molar-refractivity contribution in [2.75, 3.05) is 32.6 Å². The number of nitrogens with zero attached hydrogens (tertiary/aromatic N) is 1. The molecule has 0 saturated carbocycles. The van der Waals surface area contributed by atoms with E-state index in [0.717, 1.165) is 6.42 Å². The van der Waals surface area contributed by atoms with E-state index in [0.29, 0.717) is 13.1 Å². The molecule has 0 aliphatic carbocycles. The van der Waals surface area contributed by atoms with Crippen LogP contribution in [0.2, 0.25) is 0 Å². The fraction of sp³-hybridized carbons (Fsp3) is 1.00. The molecule has 78 valence electrons. The molecule has 13 heavy (non-hydrogen) atoms. The monoisotopic (exact) mass is 208 g/mol. The topological polar surface area (TPSA) is 72.6 Å². The zero-order chi connectivity index (χ0) is 9.90. The van der Waals surface area contributed by atoms with Crippen LogP contribution in [0, 0.1) is 0 Å². The molecule has 0 spiro atoms. The van der Waals surface area contributed by atoms with E-state index in [1.807, 2.05) is 0 Å². The van der Waals surface area contributed by atoms with E-state index >= 15 is 0 Å². The van der Waals surface area contributed by atoms with Crippen molar-refractivity contribution in [1.82, 2.24) is 4.31 Å². The zero-order valence-corrected chi connectivity index (χ0v) is 8.59. The summed E-state index contributed by atoms with van der Waals surface area (Å²) in [5.41, 5.74) is 5.61. The molecule has 6 heteroatoms. The Morgan fingerprint density at radius 3 is 2.77 bits per heavy atom. The standard InChI is InChI=1S/C7H16N2O3S/c1-12-4-5-13(10,11)9-3-2-7(8)6-9/h7H,2-6,8H2,1H3. The molecular weight excluding hydrogens is 192 g/mol. The predicted octanol–water partition coefficient (Wildman–Crippen LogP) is -1.00. The smallest absolute Gasteiger partial charge is 0.216 e. The fourth-order valence-corrected chi connectivity index (χ4v) is 2.76. The Kier molecular flexibility index (Phi) is 3.66. The number of hydrogen-bond acceptors (Lipinski definition) is 4. The predicted molar refractivity (Wildman–Crippen MR) is 49.8 cm³/mol. The van der Waals surface area contributed by atoms with Gasteiger partial charge in [0.2, 0.25) is 10.0 Å². The summed E-state index contributed by atoms with van der Waals surface area (Å²) in [4.78, 5) is 0. The second-order valence-electron chi connectivity index (χ2n) is 3.22. The average Bonchev–Trinajstić information content (AvgIpc) is 2.49. The SMILES string of the molecule is COCCS(=O)(=O)N1CCC(N)C1. The number of methoxy groups -OCH3 is 1. The van der Waals surface area contributed by atoms with Crippen LogP contribution in [0.25, 0.3) is 0 Å². The van der Waals surface area contributed by atoms with Gasteiger partial charge < -0.3 is 10.5 Å². The maximum Gasteiger partial charge on any atom is 0.216 e. The third-order valence-corrected chi connectivity index (χ3v) is 3.93. The van der Waals surface area contributed by atoms with E-state index in [1.54, 1.807) is 0 Å². The minimum absolute atomic E-state index is 0.00248. The highest BCUT2D eigenvalue weighted by molar-refractivity contribution is 7.89. The van der Waals surface area contributed by atoms with Crippen molar-refractivity contribution in [2.45, 2.75) is 12.5 Å². The van der Waals surface area contributed by atoms with E-state index < -0.39 is 10.0 Å². The van der Waals surface area contributed by atoms with Crippen LogP contribution in [-0.4, -0.2) is 51.3 Å². The van der Waals surface area contributed by atoms with Gasteiger partial charge in [-0.25, -0.2) is 12.7 Å². The summed E-state index contributed by atoms with van der Waals surface area (Å²) in [6, 6.07) is -0.00248. The van der Waals surface area contributed by atoms with Gasteiger partial charge in [0, 0.05) is 26.2 Å². The van der Waals surface area contributed by atoms with Crippen LogP contribution in [0.5, 0.6) is 0 Å². The second-order valence-corrected chi connectivity index (χ2v) is 5.30. The Labute approximate surface area is 78.9 Å². The van der Waals surface area contributed by atoms with Gasteiger partial charge in [0.05, 0.1) is 12.4 Å². The number of hydrogen-bond donors (Lipinski definition) is 1. The van der Waals surface area contributed by atoms with Crippen molar-refractivity contribution >= 4 is 10.0 Å². The highest BCUT2D eigenvalue weighted by Gasteiger charge is 2.28. The Bertz CT molecular complexity index is 252. The van der Waals surface area contributed by atoms with Gasteiger partial charge in [0.1, 0.15) is 0 Å². The van der Waals surface area contributed by atoms with Gasteiger partial charge in [0.25, 0.3) is 0 Å². The molecule has 1 heterocycles. The molecular formula is C7H16N2O3S. The minimum Gasteiger partial charge on any atom is -0.384 e. The second kappa shape index (κ2) is 4.36. The highest BCUT2D eigenvalue weighted by atomic mass is 32.2. The molecule has 1 aliphatic heterocycles. The summed E-state index contributed by atoms with van der Waals surface area (Å²) in [5, 5.41) is 0. The Morgan fingerprint density at radius 1 is 1.62 bits per heavy atom. The molecule has 0 radical (unpaired) electrons. The highest BCUT2D eigenvalue weighted by Crippen LogP contribution is 2.12. The largest absolute Gasteiger partial charge is 0.384 e. The lowest BCUT2D eigenvalue weighted by atomic mass is 10.3. The van der Waals surface area contributed by atoms with Gasteiger partial charge in [-0.15, -0.1) is 0 Å². The molecule has 1 aliphatic rings. The van der Waals surface area contributed by atoms with E-state index in [9.17, 15) is 8.42 Å². The van der Waals surface area contributed by atoms with Gasteiger partial charge in [-0.2, -0.15) is 0 Å². The number of nitrogens with two attached hydrogens (primary N) is 1. The maximum absolute atomic E-state index is 11.5. The van der Waals surface area contributed by atoms with E-state index in [1.165, 1.54) is 11.4 Å². The molecule has 0 aromatic carbocycles. The Hall–Kier alpha value is -0.170. The van der Waals surface area contributed by atoms with Crippen molar-refractivity contribution in [3.63, 3.8) is 0 Å². The Morgan fingerprint density at radius 2 is 2.31 bits per heavy atom. The van der Waals surface area contributed by atoms with E-state index in [-0.39, 0.29) is 18.4 Å². The summed E-state index contributed by atoms with van der Waals surface area (Å²) >= 11 is 0. The average molecular weight is 208 g/mol. The van der Waals surface area contributed by atoms with Crippen LogP contribution in [0.3, 0.4) is 0 Å². The van der Waals surface area contributed by atoms with E-state index in [2.05, 4.69) is 0 Å². The third kappa shape index (κ3) is 2.91. The van der Waals surface area contributed by atoms with Crippen LogP contribution in [0.15, 0.2) is 0 Å². The lowest BCUT2D eigenvalue weighted by molar-refractivity contribution is 0.215. The maximum atomic E-state index is 11.5. The summed E-state index contributed by atoms with van der Waals surface area (Å²) < 4.78 is 29.2. The molecule has 2 N–H and O–H groups in total. The van der Waals surface area contributed by atoms with Crippen molar-refractivity contribution in [2.24, 2.45) is 5.73 Å². The first-order valence-electron chi connectivity index (χ1n) is 4.28. The lowest BCUT2D eigenvalue weighted by Gasteiger charge is -2.15. The summed E-state index contributed by atoms with van der Waals surface area (Å²) in [6.45, 7) is 1.24. The quantitative estimate of drug-likeness (QED) is 0.643.